The van der Waals surface area contributed by atoms with E-state index in [-0.39, 0.29) is 11.5 Å². The van der Waals surface area contributed by atoms with Crippen LogP contribution in [-0.2, 0) is 13.0 Å². The zero-order valence-corrected chi connectivity index (χ0v) is 17.0. The zero-order valence-electron chi connectivity index (χ0n) is 17.0. The van der Waals surface area contributed by atoms with Gasteiger partial charge in [0.1, 0.15) is 11.0 Å². The van der Waals surface area contributed by atoms with Gasteiger partial charge in [-0.2, -0.15) is 5.10 Å². The van der Waals surface area contributed by atoms with Crippen molar-refractivity contribution in [2.24, 2.45) is 5.41 Å². The van der Waals surface area contributed by atoms with Crippen LogP contribution >= 0.6 is 0 Å². The first-order valence-electron chi connectivity index (χ1n) is 10.1. The summed E-state index contributed by atoms with van der Waals surface area (Å²) in [5.74, 6) is 0. The van der Waals surface area contributed by atoms with E-state index in [1.165, 1.54) is 16.8 Å². The van der Waals surface area contributed by atoms with Crippen molar-refractivity contribution < 1.29 is 4.63 Å². The molecule has 0 radical (unpaired) electrons. The predicted molar refractivity (Wildman–Crippen MR) is 112 cm³/mol. The molecule has 6 nitrogen and oxygen atoms in total. The standard InChI is InChI=1S/C23H25N5O/c1-15-7-4-5-10-20(15)28-21-12-23(2,3)11-19(17(21)14-25-28)24-13-16-8-6-9-18-22(16)27-29-26-18/h4-10,14,19,24H,11-13H2,1-3H3/t19-/m0/s1. The summed E-state index contributed by atoms with van der Waals surface area (Å²) in [6.45, 7) is 7.52. The first kappa shape index (κ1) is 18.1. The van der Waals surface area contributed by atoms with Crippen molar-refractivity contribution in [1.29, 1.82) is 0 Å². The number of hydrogen-bond acceptors (Lipinski definition) is 5. The van der Waals surface area contributed by atoms with Gasteiger partial charge in [-0.05, 0) is 58.8 Å². The minimum atomic E-state index is 0.187. The molecule has 0 bridgehead atoms. The largest absolute Gasteiger partial charge is 0.306 e. The summed E-state index contributed by atoms with van der Waals surface area (Å²) in [5.41, 5.74) is 7.88. The van der Waals surface area contributed by atoms with Gasteiger partial charge < -0.3 is 5.32 Å². The molecule has 1 atom stereocenters. The van der Waals surface area contributed by atoms with E-state index >= 15 is 0 Å². The Morgan fingerprint density at radius 1 is 1.14 bits per heavy atom. The minimum absolute atomic E-state index is 0.187. The molecule has 5 rings (SSSR count). The molecule has 29 heavy (non-hydrogen) atoms. The van der Waals surface area contributed by atoms with Crippen LogP contribution < -0.4 is 5.32 Å². The van der Waals surface area contributed by atoms with Crippen LogP contribution in [0.5, 0.6) is 0 Å². The lowest BCUT2D eigenvalue weighted by atomic mass is 9.74. The molecule has 0 spiro atoms. The van der Waals surface area contributed by atoms with Gasteiger partial charge in [0.2, 0.25) is 0 Å². The fourth-order valence-corrected chi connectivity index (χ4v) is 4.47. The number of fused-ring (bicyclic) bond motifs is 2. The third-order valence-corrected chi connectivity index (χ3v) is 5.93. The van der Waals surface area contributed by atoms with Gasteiger partial charge in [-0.1, -0.05) is 44.2 Å². The van der Waals surface area contributed by atoms with Crippen molar-refractivity contribution in [3.63, 3.8) is 0 Å². The van der Waals surface area contributed by atoms with Crippen LogP contribution in [0.2, 0.25) is 0 Å². The van der Waals surface area contributed by atoms with Gasteiger partial charge in [-0.3, -0.25) is 0 Å². The zero-order chi connectivity index (χ0) is 20.0. The van der Waals surface area contributed by atoms with Crippen molar-refractivity contribution in [3.8, 4) is 5.69 Å². The lowest BCUT2D eigenvalue weighted by Crippen LogP contribution is -2.33. The lowest BCUT2D eigenvalue weighted by molar-refractivity contribution is 0.253. The molecule has 0 unspecified atom stereocenters. The Balaban J connectivity index is 1.48. The number of benzene rings is 2. The molecule has 4 aromatic rings. The minimum Gasteiger partial charge on any atom is -0.306 e. The summed E-state index contributed by atoms with van der Waals surface area (Å²) in [6.07, 6.45) is 4.11. The van der Waals surface area contributed by atoms with Crippen molar-refractivity contribution in [2.45, 2.75) is 46.2 Å². The van der Waals surface area contributed by atoms with Crippen molar-refractivity contribution >= 4 is 11.0 Å². The summed E-state index contributed by atoms with van der Waals surface area (Å²) in [4.78, 5) is 0. The average Bonchev–Trinajstić information content (AvgIpc) is 3.33. The summed E-state index contributed by atoms with van der Waals surface area (Å²) in [5, 5.41) is 16.5. The first-order chi connectivity index (χ1) is 14.0. The van der Waals surface area contributed by atoms with Gasteiger partial charge in [0.05, 0.1) is 11.9 Å². The number of para-hydroxylation sites is 1. The highest BCUT2D eigenvalue weighted by Crippen LogP contribution is 2.41. The molecule has 2 aromatic carbocycles. The molecule has 0 fully saturated rings. The van der Waals surface area contributed by atoms with Gasteiger partial charge >= 0.3 is 0 Å². The molecule has 1 aliphatic rings. The maximum atomic E-state index is 4.91. The number of nitrogens with one attached hydrogen (secondary N) is 1. The van der Waals surface area contributed by atoms with E-state index in [9.17, 15) is 0 Å². The topological polar surface area (TPSA) is 68.8 Å². The summed E-state index contributed by atoms with van der Waals surface area (Å²) in [6, 6.07) is 14.7. The van der Waals surface area contributed by atoms with Gasteiger partial charge in [-0.25, -0.2) is 9.31 Å². The van der Waals surface area contributed by atoms with Crippen LogP contribution in [0.4, 0.5) is 0 Å². The van der Waals surface area contributed by atoms with E-state index < -0.39 is 0 Å². The maximum absolute atomic E-state index is 4.91. The third-order valence-electron chi connectivity index (χ3n) is 5.93. The van der Waals surface area contributed by atoms with Gasteiger partial charge in [0.15, 0.2) is 0 Å². The highest BCUT2D eigenvalue weighted by atomic mass is 16.6. The van der Waals surface area contributed by atoms with E-state index in [4.69, 9.17) is 9.73 Å². The number of nitrogens with zero attached hydrogens (tertiary/aromatic N) is 4. The van der Waals surface area contributed by atoms with Crippen molar-refractivity contribution in [2.75, 3.05) is 0 Å². The highest BCUT2D eigenvalue weighted by molar-refractivity contribution is 5.76. The molecular formula is C23H25N5O. The Morgan fingerprint density at radius 2 is 2.00 bits per heavy atom. The van der Waals surface area contributed by atoms with Crippen LogP contribution in [0, 0.1) is 12.3 Å². The Hall–Kier alpha value is -2.99. The number of hydrogen-bond donors (Lipinski definition) is 1. The first-order valence-corrected chi connectivity index (χ1v) is 10.1. The number of rotatable bonds is 4. The smallest absolute Gasteiger partial charge is 0.139 e. The molecule has 148 valence electrons. The maximum Gasteiger partial charge on any atom is 0.139 e. The van der Waals surface area contributed by atoms with Crippen LogP contribution in [0.25, 0.3) is 16.7 Å². The van der Waals surface area contributed by atoms with Gasteiger partial charge in [0.25, 0.3) is 0 Å². The normalized spacial score (nSPS) is 18.1. The van der Waals surface area contributed by atoms with E-state index in [1.54, 1.807) is 0 Å². The Morgan fingerprint density at radius 3 is 2.86 bits per heavy atom. The van der Waals surface area contributed by atoms with Crippen LogP contribution in [-0.4, -0.2) is 20.1 Å². The van der Waals surface area contributed by atoms with Crippen molar-refractivity contribution in [3.05, 3.63) is 71.0 Å². The molecule has 6 heteroatoms. The molecule has 2 heterocycles. The van der Waals surface area contributed by atoms with Crippen LogP contribution in [0.3, 0.4) is 0 Å². The fraction of sp³-hybridized carbons (Fsp3) is 0.348. The summed E-state index contributed by atoms with van der Waals surface area (Å²) in [7, 11) is 0. The Labute approximate surface area is 169 Å². The van der Waals surface area contributed by atoms with E-state index in [1.807, 2.05) is 18.3 Å². The highest BCUT2D eigenvalue weighted by Gasteiger charge is 2.35. The second-order valence-electron chi connectivity index (χ2n) is 8.77. The van der Waals surface area contributed by atoms with E-state index in [2.05, 4.69) is 71.4 Å². The predicted octanol–water partition coefficient (Wildman–Crippen LogP) is 4.52. The summed E-state index contributed by atoms with van der Waals surface area (Å²) >= 11 is 0. The summed E-state index contributed by atoms with van der Waals surface area (Å²) < 4.78 is 7.04. The second-order valence-corrected chi connectivity index (χ2v) is 8.77. The van der Waals surface area contributed by atoms with E-state index in [0.29, 0.717) is 6.54 Å². The molecule has 1 aliphatic carbocycles. The Bertz CT molecular complexity index is 1170. The monoisotopic (exact) mass is 387 g/mol. The molecule has 2 aromatic heterocycles. The molecule has 0 saturated heterocycles. The SMILES string of the molecule is Cc1ccccc1-n1ncc2c1CC(C)(C)C[C@@H]2NCc1cccc2nonc12. The van der Waals surface area contributed by atoms with Gasteiger partial charge in [0, 0.05) is 23.8 Å². The van der Waals surface area contributed by atoms with Crippen molar-refractivity contribution in [1.82, 2.24) is 25.4 Å². The van der Waals surface area contributed by atoms with Crippen LogP contribution in [0.1, 0.15) is 48.7 Å². The Kier molecular flexibility index (Phi) is 4.24. The number of aromatic nitrogens is 4. The molecular weight excluding hydrogens is 362 g/mol. The molecule has 0 amide bonds. The van der Waals surface area contributed by atoms with E-state index in [0.717, 1.165) is 35.1 Å². The molecule has 0 saturated carbocycles. The number of aryl methyl sites for hydroxylation is 1. The lowest BCUT2D eigenvalue weighted by Gasteiger charge is -2.36. The third kappa shape index (κ3) is 3.23. The molecule has 1 N–H and O–H groups in total. The molecule has 0 aliphatic heterocycles. The second kappa shape index (κ2) is 6.81. The quantitative estimate of drug-likeness (QED) is 0.558. The van der Waals surface area contributed by atoms with Crippen LogP contribution in [0.15, 0.2) is 53.3 Å². The van der Waals surface area contributed by atoms with Gasteiger partial charge in [-0.15, -0.1) is 0 Å². The average molecular weight is 387 g/mol. The fourth-order valence-electron chi connectivity index (χ4n) is 4.47.